The van der Waals surface area contributed by atoms with Gasteiger partial charge in [-0.05, 0) is 48.0 Å². The van der Waals surface area contributed by atoms with E-state index in [0.717, 1.165) is 0 Å². The Hall–Kier alpha value is -3.16. The van der Waals surface area contributed by atoms with Crippen LogP contribution in [0, 0.1) is 0 Å². The van der Waals surface area contributed by atoms with Crippen molar-refractivity contribution in [3.8, 4) is 22.6 Å². The summed E-state index contributed by atoms with van der Waals surface area (Å²) in [6.45, 7) is -1.34. The Labute approximate surface area is 277 Å². The van der Waals surface area contributed by atoms with Gasteiger partial charge in [0.15, 0.2) is 0 Å². The van der Waals surface area contributed by atoms with Crippen molar-refractivity contribution in [3.63, 3.8) is 0 Å². The predicted molar refractivity (Wildman–Crippen MR) is 163 cm³/mol. The number of aliphatic hydroxyl groups excluding tert-OH is 8. The third-order valence-electron chi connectivity index (χ3n) is 7.68. The minimum atomic E-state index is -1.72. The number of aliphatic hydroxyl groups is 8. The summed E-state index contributed by atoms with van der Waals surface area (Å²) in [6.07, 6.45) is -14.1. The van der Waals surface area contributed by atoms with Crippen molar-refractivity contribution in [1.29, 1.82) is 0 Å². The van der Waals surface area contributed by atoms with Crippen LogP contribution in [-0.4, -0.2) is 126 Å². The highest BCUT2D eigenvalue weighted by Crippen LogP contribution is 2.38. The largest absolute Gasteiger partial charge is 0.462 e. The van der Waals surface area contributed by atoms with Gasteiger partial charge in [-0.15, -0.1) is 0 Å². The topological polar surface area (TPSA) is 241 Å². The van der Waals surface area contributed by atoms with Gasteiger partial charge in [-0.1, -0.05) is 29.3 Å². The number of nitrogens with one attached hydrogen (secondary N) is 1. The maximum absolute atomic E-state index is 13.2. The van der Waals surface area contributed by atoms with E-state index in [2.05, 4.69) is 10.3 Å². The molecule has 2 saturated heterocycles. The molecular weight excluding hydrogens is 667 g/mol. The third-order valence-corrected chi connectivity index (χ3v) is 8.29. The van der Waals surface area contributed by atoms with Gasteiger partial charge < -0.3 is 65.1 Å². The summed E-state index contributed by atoms with van der Waals surface area (Å²) in [5.41, 5.74) is 0.929. The average Bonchev–Trinajstić information content (AvgIpc) is 3.06. The molecule has 0 spiro atoms. The monoisotopic (exact) mass is 698 g/mol. The second-order valence-corrected chi connectivity index (χ2v) is 11.5. The van der Waals surface area contributed by atoms with Gasteiger partial charge in [0.2, 0.25) is 12.6 Å². The molecule has 17 heteroatoms. The molecule has 0 unspecified atom stereocenters. The fraction of sp³-hybridized carbons (Fsp3) is 0.400. The number of nitrogens with zero attached hydrogens (tertiary/aromatic N) is 1. The summed E-state index contributed by atoms with van der Waals surface area (Å²) in [4.78, 5) is 17.1. The van der Waals surface area contributed by atoms with E-state index in [1.807, 2.05) is 0 Å². The number of halogens is 2. The lowest BCUT2D eigenvalue weighted by molar-refractivity contribution is -0.277. The quantitative estimate of drug-likeness (QED) is 0.130. The summed E-state index contributed by atoms with van der Waals surface area (Å²) in [7, 11) is 0. The molecular formula is C30H32Cl2N2O13. The van der Waals surface area contributed by atoms with Crippen LogP contribution in [0.3, 0.4) is 0 Å². The van der Waals surface area contributed by atoms with Crippen molar-refractivity contribution < 1.29 is 64.6 Å². The van der Waals surface area contributed by atoms with E-state index in [9.17, 15) is 45.6 Å². The van der Waals surface area contributed by atoms with Crippen LogP contribution in [0.4, 0.5) is 5.69 Å². The number of rotatable bonds is 9. The normalized spacial score (nSPS) is 30.9. The number of benzene rings is 2. The first-order chi connectivity index (χ1) is 22.4. The minimum Gasteiger partial charge on any atom is -0.462 e. The van der Waals surface area contributed by atoms with Gasteiger partial charge in [0.1, 0.15) is 65.5 Å². The standard InChI is InChI=1S/C30H32Cl2N2O13/c31-16-5-3-12(8-18(16)45-30-26(42)24(40)22(38)20(11-36)47-30)15-9-13(44-29-25(41)23(39)21(37)19(10-35)46-29)4-6-17(15)34-28(43)14-2-1-7-33-27(14)32/h1-9,19-26,29-30,35-42H,10-11H2,(H,34,43)/t19-,20-,21-,22-,23+,24+,25-,26-,29-,30-/m1/s1. The molecule has 2 aliphatic heterocycles. The highest BCUT2D eigenvalue weighted by molar-refractivity contribution is 6.33. The van der Waals surface area contributed by atoms with Crippen molar-refractivity contribution in [2.24, 2.45) is 0 Å². The van der Waals surface area contributed by atoms with Crippen LogP contribution in [-0.2, 0) is 9.47 Å². The Morgan fingerprint density at radius 3 is 2.00 bits per heavy atom. The summed E-state index contributed by atoms with van der Waals surface area (Å²) in [5, 5.41) is 83.4. The van der Waals surface area contributed by atoms with E-state index in [4.69, 9.17) is 42.1 Å². The van der Waals surface area contributed by atoms with Crippen molar-refractivity contribution in [3.05, 3.63) is 70.5 Å². The zero-order valence-electron chi connectivity index (χ0n) is 24.2. The lowest BCUT2D eigenvalue weighted by atomic mass is 9.99. The fourth-order valence-corrected chi connectivity index (χ4v) is 5.41. The Bertz CT molecular complexity index is 1560. The van der Waals surface area contributed by atoms with Crippen LogP contribution in [0.5, 0.6) is 11.5 Å². The smallest absolute Gasteiger partial charge is 0.258 e. The summed E-state index contributed by atoms with van der Waals surface area (Å²) in [5.74, 6) is -0.604. The number of aromatic nitrogens is 1. The summed E-state index contributed by atoms with van der Waals surface area (Å²) in [6, 6.07) is 11.7. The van der Waals surface area contributed by atoms with E-state index in [-0.39, 0.29) is 38.5 Å². The van der Waals surface area contributed by atoms with Crippen molar-refractivity contribution >= 4 is 34.8 Å². The molecule has 1 amide bonds. The molecule has 3 aromatic rings. The number of amides is 1. The molecule has 254 valence electrons. The van der Waals surface area contributed by atoms with E-state index in [0.29, 0.717) is 5.56 Å². The van der Waals surface area contributed by atoms with Gasteiger partial charge in [0.25, 0.3) is 5.91 Å². The number of carbonyl (C=O) groups is 1. The molecule has 2 aromatic carbocycles. The SMILES string of the molecule is O=C(Nc1ccc(O[C@@H]2O[C@H](CO)[C@@H](O)[C@H](O)[C@H]2O)cc1-c1ccc(Cl)c(O[C@@H]2O[C@H](CO)[C@@H](O)[C@H](O)[C@H]2O)c1)c1cccnc1Cl. The molecule has 0 saturated carbocycles. The zero-order chi connectivity index (χ0) is 34.0. The van der Waals surface area contributed by atoms with Gasteiger partial charge in [-0.25, -0.2) is 4.98 Å². The molecule has 9 N–H and O–H groups in total. The Morgan fingerprint density at radius 1 is 0.787 bits per heavy atom. The maximum atomic E-state index is 13.2. The van der Waals surface area contributed by atoms with Gasteiger partial charge in [0.05, 0.1) is 23.8 Å². The second kappa shape index (κ2) is 14.9. The fourth-order valence-electron chi connectivity index (χ4n) is 5.04. The van der Waals surface area contributed by atoms with Crippen LogP contribution < -0.4 is 14.8 Å². The number of ether oxygens (including phenoxy) is 4. The second-order valence-electron chi connectivity index (χ2n) is 10.8. The van der Waals surface area contributed by atoms with E-state index >= 15 is 0 Å². The highest BCUT2D eigenvalue weighted by atomic mass is 35.5. The first kappa shape index (κ1) is 35.2. The van der Waals surface area contributed by atoms with Gasteiger partial charge in [0, 0.05) is 17.4 Å². The predicted octanol–water partition coefficient (Wildman–Crippen LogP) is -0.335. The van der Waals surface area contributed by atoms with Crippen LogP contribution >= 0.6 is 23.2 Å². The minimum absolute atomic E-state index is 0.0455. The first-order valence-electron chi connectivity index (χ1n) is 14.2. The molecule has 2 aliphatic rings. The van der Waals surface area contributed by atoms with Gasteiger partial charge in [-0.2, -0.15) is 0 Å². The zero-order valence-corrected chi connectivity index (χ0v) is 25.7. The molecule has 2 fully saturated rings. The molecule has 15 nitrogen and oxygen atoms in total. The Morgan fingerprint density at radius 2 is 1.40 bits per heavy atom. The molecule has 5 rings (SSSR count). The van der Waals surface area contributed by atoms with Crippen LogP contribution in [0.15, 0.2) is 54.7 Å². The van der Waals surface area contributed by atoms with Gasteiger partial charge in [-0.3, -0.25) is 4.79 Å². The summed E-state index contributed by atoms with van der Waals surface area (Å²) >= 11 is 12.5. The van der Waals surface area contributed by atoms with Crippen molar-refractivity contribution in [2.75, 3.05) is 18.5 Å². The number of hydrogen-bond donors (Lipinski definition) is 9. The van der Waals surface area contributed by atoms with Crippen LogP contribution in [0.25, 0.3) is 11.1 Å². The van der Waals surface area contributed by atoms with E-state index in [1.54, 1.807) is 6.07 Å². The number of pyridine rings is 1. The molecule has 10 atom stereocenters. The summed E-state index contributed by atoms with van der Waals surface area (Å²) < 4.78 is 22.5. The molecule has 1 aromatic heterocycles. The molecule has 0 aliphatic carbocycles. The lowest BCUT2D eigenvalue weighted by Crippen LogP contribution is -2.60. The average molecular weight is 699 g/mol. The highest BCUT2D eigenvalue weighted by Gasteiger charge is 2.46. The van der Waals surface area contributed by atoms with Crippen molar-refractivity contribution in [2.45, 2.75) is 61.4 Å². The Balaban J connectivity index is 1.50. The third kappa shape index (κ3) is 7.46. The Kier molecular flexibility index (Phi) is 11.2. The van der Waals surface area contributed by atoms with E-state index < -0.39 is 80.5 Å². The molecule has 0 bridgehead atoms. The van der Waals surface area contributed by atoms with Gasteiger partial charge >= 0.3 is 0 Å². The van der Waals surface area contributed by atoms with E-state index in [1.165, 1.54) is 48.7 Å². The molecule has 47 heavy (non-hydrogen) atoms. The van der Waals surface area contributed by atoms with Crippen LogP contribution in [0.2, 0.25) is 10.2 Å². The van der Waals surface area contributed by atoms with Crippen LogP contribution in [0.1, 0.15) is 10.4 Å². The molecule has 0 radical (unpaired) electrons. The maximum Gasteiger partial charge on any atom is 0.258 e. The number of anilines is 1. The number of carbonyl (C=O) groups excluding carboxylic acids is 1. The first-order valence-corrected chi connectivity index (χ1v) is 15.0. The van der Waals surface area contributed by atoms with Crippen molar-refractivity contribution in [1.82, 2.24) is 4.98 Å². The lowest BCUT2D eigenvalue weighted by Gasteiger charge is -2.39. The molecule has 3 heterocycles. The number of hydrogen-bond acceptors (Lipinski definition) is 14.